The molecule has 0 radical (unpaired) electrons. The second kappa shape index (κ2) is 4.62. The van der Waals surface area contributed by atoms with Gasteiger partial charge in [-0.25, -0.2) is 4.98 Å². The van der Waals surface area contributed by atoms with Crippen molar-refractivity contribution in [2.45, 2.75) is 0 Å². The molecule has 4 aromatic rings. The lowest BCUT2D eigenvalue weighted by atomic mass is 10.1. The van der Waals surface area contributed by atoms with Gasteiger partial charge in [0.1, 0.15) is 0 Å². The molecule has 1 heterocycles. The molecule has 0 saturated carbocycles. The predicted molar refractivity (Wildman–Crippen MR) is 86.9 cm³/mol. The minimum absolute atomic E-state index is 0.933. The maximum atomic E-state index is 4.67. The van der Waals surface area contributed by atoms with Gasteiger partial charge in [-0.2, -0.15) is 0 Å². The van der Waals surface area contributed by atoms with E-state index >= 15 is 0 Å². The summed E-state index contributed by atoms with van der Waals surface area (Å²) < 4.78 is 1.24. The quantitative estimate of drug-likeness (QED) is 0.544. The number of para-hydroxylation sites is 1. The van der Waals surface area contributed by atoms with E-state index in [0.717, 1.165) is 16.3 Å². The number of anilines is 2. The average Bonchev–Trinajstić information content (AvgIpc) is 2.91. The molecule has 0 amide bonds. The second-order valence-electron chi connectivity index (χ2n) is 4.64. The highest BCUT2D eigenvalue weighted by molar-refractivity contribution is 7.23. The lowest BCUT2D eigenvalue weighted by molar-refractivity contribution is 1.45. The molecule has 3 aromatic carbocycles. The number of nitrogens with one attached hydrogen (secondary N) is 1. The van der Waals surface area contributed by atoms with Crippen LogP contribution in [0.2, 0.25) is 0 Å². The van der Waals surface area contributed by atoms with Crippen molar-refractivity contribution in [2.24, 2.45) is 0 Å². The Labute approximate surface area is 120 Å². The highest BCUT2D eigenvalue weighted by atomic mass is 32.1. The fraction of sp³-hybridized carbons (Fsp3) is 0. The van der Waals surface area contributed by atoms with Gasteiger partial charge in [-0.1, -0.05) is 59.9 Å². The molecule has 2 nitrogen and oxygen atoms in total. The molecule has 0 fully saturated rings. The second-order valence-corrected chi connectivity index (χ2v) is 5.64. The molecule has 96 valence electrons. The van der Waals surface area contributed by atoms with Gasteiger partial charge in [0.25, 0.3) is 0 Å². The molecular weight excluding hydrogens is 264 g/mol. The zero-order chi connectivity index (χ0) is 13.4. The highest BCUT2D eigenvalue weighted by Gasteiger charge is 2.07. The molecule has 20 heavy (non-hydrogen) atoms. The molecule has 0 aliphatic rings. The Balaban J connectivity index is 1.84. The van der Waals surface area contributed by atoms with Crippen molar-refractivity contribution in [3.05, 3.63) is 66.7 Å². The largest absolute Gasteiger partial charge is 0.332 e. The van der Waals surface area contributed by atoms with E-state index in [1.165, 1.54) is 15.5 Å². The smallest absolute Gasteiger partial charge is 0.188 e. The molecule has 0 saturated heterocycles. The average molecular weight is 276 g/mol. The van der Waals surface area contributed by atoms with Crippen molar-refractivity contribution in [1.82, 2.24) is 4.98 Å². The number of aromatic nitrogens is 1. The van der Waals surface area contributed by atoms with Gasteiger partial charge in [0.15, 0.2) is 5.13 Å². The Morgan fingerprint density at radius 2 is 1.60 bits per heavy atom. The third-order valence-electron chi connectivity index (χ3n) is 3.30. The van der Waals surface area contributed by atoms with Crippen LogP contribution in [0.4, 0.5) is 10.8 Å². The van der Waals surface area contributed by atoms with Crippen LogP contribution in [-0.4, -0.2) is 4.98 Å². The SMILES string of the molecule is c1ccc(Nc2nc3ccc4ccccc4c3s2)cc1. The number of thiazole rings is 1. The van der Waals surface area contributed by atoms with Crippen LogP contribution in [0.5, 0.6) is 0 Å². The van der Waals surface area contributed by atoms with Crippen LogP contribution >= 0.6 is 11.3 Å². The first-order chi connectivity index (χ1) is 9.90. The Morgan fingerprint density at radius 3 is 2.50 bits per heavy atom. The molecule has 0 bridgehead atoms. The van der Waals surface area contributed by atoms with Gasteiger partial charge in [0.05, 0.1) is 10.2 Å². The van der Waals surface area contributed by atoms with Crippen molar-refractivity contribution in [1.29, 1.82) is 0 Å². The van der Waals surface area contributed by atoms with Crippen molar-refractivity contribution in [3.63, 3.8) is 0 Å². The summed E-state index contributed by atoms with van der Waals surface area (Å²) in [5, 5.41) is 6.82. The minimum Gasteiger partial charge on any atom is -0.332 e. The van der Waals surface area contributed by atoms with Crippen molar-refractivity contribution in [3.8, 4) is 0 Å². The van der Waals surface area contributed by atoms with E-state index in [1.807, 2.05) is 30.3 Å². The summed E-state index contributed by atoms with van der Waals surface area (Å²) in [7, 11) is 0. The molecule has 0 atom stereocenters. The first-order valence-corrected chi connectivity index (χ1v) is 7.32. The van der Waals surface area contributed by atoms with Crippen LogP contribution in [0.25, 0.3) is 21.0 Å². The summed E-state index contributed by atoms with van der Waals surface area (Å²) in [5.74, 6) is 0. The van der Waals surface area contributed by atoms with Gasteiger partial charge in [0, 0.05) is 11.1 Å². The van der Waals surface area contributed by atoms with Crippen molar-refractivity contribution < 1.29 is 0 Å². The number of fused-ring (bicyclic) bond motifs is 3. The molecule has 0 unspecified atom stereocenters. The van der Waals surface area contributed by atoms with Crippen LogP contribution in [0.15, 0.2) is 66.7 Å². The number of rotatable bonds is 2. The van der Waals surface area contributed by atoms with Gasteiger partial charge in [-0.3, -0.25) is 0 Å². The summed E-state index contributed by atoms with van der Waals surface area (Å²) in [4.78, 5) is 4.67. The Hall–Kier alpha value is -2.39. The standard InChI is InChI=1S/C17H12N2S/c1-2-7-13(8-3-1)18-17-19-15-11-10-12-6-4-5-9-14(12)16(15)20-17/h1-11H,(H,18,19). The number of nitrogens with zero attached hydrogens (tertiary/aromatic N) is 1. The minimum atomic E-state index is 0.933. The van der Waals surface area contributed by atoms with E-state index in [2.05, 4.69) is 46.7 Å². The summed E-state index contributed by atoms with van der Waals surface area (Å²) >= 11 is 1.70. The van der Waals surface area contributed by atoms with Crippen molar-refractivity contribution in [2.75, 3.05) is 5.32 Å². The maximum Gasteiger partial charge on any atom is 0.188 e. The normalized spacial score (nSPS) is 11.0. The highest BCUT2D eigenvalue weighted by Crippen LogP contribution is 2.33. The van der Waals surface area contributed by atoms with E-state index in [4.69, 9.17) is 0 Å². The molecule has 4 rings (SSSR count). The molecule has 1 N–H and O–H groups in total. The van der Waals surface area contributed by atoms with Gasteiger partial charge >= 0.3 is 0 Å². The van der Waals surface area contributed by atoms with E-state index in [-0.39, 0.29) is 0 Å². The van der Waals surface area contributed by atoms with Gasteiger partial charge in [-0.05, 0) is 23.6 Å². The van der Waals surface area contributed by atoms with Crippen LogP contribution in [-0.2, 0) is 0 Å². The van der Waals surface area contributed by atoms with Crippen LogP contribution < -0.4 is 5.32 Å². The number of benzene rings is 3. The summed E-state index contributed by atoms with van der Waals surface area (Å²) in [6, 6.07) is 22.8. The van der Waals surface area contributed by atoms with Crippen LogP contribution in [0.1, 0.15) is 0 Å². The van der Waals surface area contributed by atoms with Crippen LogP contribution in [0.3, 0.4) is 0 Å². The maximum absolute atomic E-state index is 4.67. The van der Waals surface area contributed by atoms with E-state index < -0.39 is 0 Å². The Bertz CT molecular complexity index is 881. The summed E-state index contributed by atoms with van der Waals surface area (Å²) in [6.07, 6.45) is 0. The number of hydrogen-bond donors (Lipinski definition) is 1. The third kappa shape index (κ3) is 1.92. The fourth-order valence-electron chi connectivity index (χ4n) is 2.35. The van der Waals surface area contributed by atoms with E-state index in [0.29, 0.717) is 0 Å². The molecule has 0 aliphatic heterocycles. The lowest BCUT2D eigenvalue weighted by Crippen LogP contribution is -1.87. The molecule has 3 heteroatoms. The fourth-order valence-corrected chi connectivity index (χ4v) is 3.37. The zero-order valence-electron chi connectivity index (χ0n) is 10.7. The predicted octanol–water partition coefficient (Wildman–Crippen LogP) is 5.19. The van der Waals surface area contributed by atoms with E-state index in [1.54, 1.807) is 11.3 Å². The first-order valence-electron chi connectivity index (χ1n) is 6.50. The molecule has 1 aromatic heterocycles. The topological polar surface area (TPSA) is 24.9 Å². The lowest BCUT2D eigenvalue weighted by Gasteiger charge is -1.99. The van der Waals surface area contributed by atoms with Gasteiger partial charge in [-0.15, -0.1) is 0 Å². The van der Waals surface area contributed by atoms with Gasteiger partial charge in [0.2, 0.25) is 0 Å². The van der Waals surface area contributed by atoms with E-state index in [9.17, 15) is 0 Å². The zero-order valence-corrected chi connectivity index (χ0v) is 11.5. The Morgan fingerprint density at radius 1 is 0.800 bits per heavy atom. The monoisotopic (exact) mass is 276 g/mol. The van der Waals surface area contributed by atoms with Gasteiger partial charge < -0.3 is 5.32 Å². The molecule has 0 aliphatic carbocycles. The van der Waals surface area contributed by atoms with Crippen LogP contribution in [0, 0.1) is 0 Å². The molecular formula is C17H12N2S. The van der Waals surface area contributed by atoms with Crippen molar-refractivity contribution >= 4 is 43.1 Å². The molecule has 0 spiro atoms. The number of hydrogen-bond acceptors (Lipinski definition) is 3. The third-order valence-corrected chi connectivity index (χ3v) is 4.32. The summed E-state index contributed by atoms with van der Waals surface area (Å²) in [6.45, 7) is 0. The first kappa shape index (κ1) is 11.4. The summed E-state index contributed by atoms with van der Waals surface area (Å²) in [5.41, 5.74) is 2.11. The Kier molecular flexibility index (Phi) is 2.64.